The van der Waals surface area contributed by atoms with Crippen molar-refractivity contribution in [1.82, 2.24) is 9.38 Å². The summed E-state index contributed by atoms with van der Waals surface area (Å²) in [5, 5.41) is 9.95. The van der Waals surface area contributed by atoms with Crippen LogP contribution in [0.25, 0.3) is 5.52 Å². The lowest BCUT2D eigenvalue weighted by Gasteiger charge is -2.07. The fourth-order valence-electron chi connectivity index (χ4n) is 1.32. The Kier molecular flexibility index (Phi) is 2.41. The molecule has 0 spiro atoms. The van der Waals surface area contributed by atoms with Gasteiger partial charge in [0.1, 0.15) is 6.33 Å². The Morgan fingerprint density at radius 2 is 2.43 bits per heavy atom. The monoisotopic (exact) mass is 211 g/mol. The minimum atomic E-state index is -0.647. The van der Waals surface area contributed by atoms with E-state index >= 15 is 0 Å². The van der Waals surface area contributed by atoms with Crippen molar-refractivity contribution >= 4 is 17.1 Å². The minimum Gasteiger partial charge on any atom is -0.387 e. The van der Waals surface area contributed by atoms with E-state index in [4.69, 9.17) is 17.3 Å². The van der Waals surface area contributed by atoms with Gasteiger partial charge in [-0.1, -0.05) is 11.6 Å². The number of pyridine rings is 1. The van der Waals surface area contributed by atoms with Gasteiger partial charge in [-0.25, -0.2) is 4.98 Å². The van der Waals surface area contributed by atoms with Crippen molar-refractivity contribution < 1.29 is 5.11 Å². The Balaban J connectivity index is 2.54. The molecule has 0 aliphatic rings. The van der Waals surface area contributed by atoms with Gasteiger partial charge in [0.15, 0.2) is 5.15 Å². The molecule has 4 nitrogen and oxygen atoms in total. The fourth-order valence-corrected chi connectivity index (χ4v) is 1.51. The maximum atomic E-state index is 9.52. The van der Waals surface area contributed by atoms with E-state index in [1.54, 1.807) is 29.1 Å². The van der Waals surface area contributed by atoms with Crippen LogP contribution >= 0.6 is 11.6 Å². The van der Waals surface area contributed by atoms with Crippen molar-refractivity contribution in [3.05, 3.63) is 35.4 Å². The largest absolute Gasteiger partial charge is 0.387 e. The van der Waals surface area contributed by atoms with E-state index < -0.39 is 6.10 Å². The topological polar surface area (TPSA) is 63.5 Å². The zero-order chi connectivity index (χ0) is 10.1. The second kappa shape index (κ2) is 3.57. The summed E-state index contributed by atoms with van der Waals surface area (Å²) in [6, 6.07) is 3.58. The molecule has 0 saturated heterocycles. The SMILES string of the molecule is NCC(O)c1ccn2cnc(Cl)c2c1. The normalized spacial score (nSPS) is 13.4. The summed E-state index contributed by atoms with van der Waals surface area (Å²) < 4.78 is 1.79. The molecule has 2 heterocycles. The molecule has 0 radical (unpaired) electrons. The number of rotatable bonds is 2. The van der Waals surface area contributed by atoms with Crippen molar-refractivity contribution in [3.8, 4) is 0 Å². The molecule has 3 N–H and O–H groups in total. The number of halogens is 1. The third-order valence-corrected chi connectivity index (χ3v) is 2.42. The number of nitrogens with zero attached hydrogens (tertiary/aromatic N) is 2. The van der Waals surface area contributed by atoms with Crippen molar-refractivity contribution in [2.45, 2.75) is 6.10 Å². The van der Waals surface area contributed by atoms with Gasteiger partial charge in [0.05, 0.1) is 11.6 Å². The number of hydrogen-bond donors (Lipinski definition) is 2. The maximum absolute atomic E-state index is 9.52. The van der Waals surface area contributed by atoms with Gasteiger partial charge in [-0.2, -0.15) is 0 Å². The van der Waals surface area contributed by atoms with Crippen LogP contribution in [0.5, 0.6) is 0 Å². The molecule has 0 aromatic carbocycles. The van der Waals surface area contributed by atoms with E-state index in [0.717, 1.165) is 11.1 Å². The first-order valence-electron chi connectivity index (χ1n) is 4.22. The van der Waals surface area contributed by atoms with Crippen LogP contribution in [0.3, 0.4) is 0 Å². The van der Waals surface area contributed by atoms with Gasteiger partial charge in [-0.3, -0.25) is 0 Å². The number of nitrogens with two attached hydrogens (primary N) is 1. The highest BCUT2D eigenvalue weighted by molar-refractivity contribution is 6.32. The van der Waals surface area contributed by atoms with Crippen LogP contribution in [0.15, 0.2) is 24.7 Å². The third kappa shape index (κ3) is 1.48. The molecular formula is C9H10ClN3O. The Bertz CT molecular complexity index is 454. The molecule has 0 fully saturated rings. The number of aliphatic hydroxyl groups excluding tert-OH is 1. The van der Waals surface area contributed by atoms with Gasteiger partial charge in [0, 0.05) is 12.7 Å². The van der Waals surface area contributed by atoms with Crippen LogP contribution in [0.4, 0.5) is 0 Å². The van der Waals surface area contributed by atoms with E-state index in [1.807, 2.05) is 0 Å². The van der Waals surface area contributed by atoms with Crippen molar-refractivity contribution in [1.29, 1.82) is 0 Å². The third-order valence-electron chi connectivity index (χ3n) is 2.12. The Morgan fingerprint density at radius 3 is 3.14 bits per heavy atom. The van der Waals surface area contributed by atoms with Gasteiger partial charge >= 0.3 is 0 Å². The number of hydrogen-bond acceptors (Lipinski definition) is 3. The molecule has 14 heavy (non-hydrogen) atoms. The zero-order valence-corrected chi connectivity index (χ0v) is 8.15. The van der Waals surface area contributed by atoms with Crippen molar-refractivity contribution in [2.24, 2.45) is 5.73 Å². The Morgan fingerprint density at radius 1 is 1.64 bits per heavy atom. The Hall–Kier alpha value is -1.10. The standard InChI is InChI=1S/C9H10ClN3O/c10-9-7-3-6(8(14)4-11)1-2-13(7)5-12-9/h1-3,5,8,14H,4,11H2. The first-order valence-corrected chi connectivity index (χ1v) is 4.60. The predicted molar refractivity (Wildman–Crippen MR) is 54.2 cm³/mol. The minimum absolute atomic E-state index is 0.196. The molecule has 74 valence electrons. The van der Waals surface area contributed by atoms with E-state index in [0.29, 0.717) is 5.15 Å². The highest BCUT2D eigenvalue weighted by atomic mass is 35.5. The molecule has 0 amide bonds. The molecule has 2 aromatic heterocycles. The lowest BCUT2D eigenvalue weighted by atomic mass is 10.1. The van der Waals surface area contributed by atoms with Crippen LogP contribution in [-0.2, 0) is 0 Å². The lowest BCUT2D eigenvalue weighted by Crippen LogP contribution is -2.11. The first kappa shape index (κ1) is 9.45. The quantitative estimate of drug-likeness (QED) is 0.779. The first-order chi connectivity index (χ1) is 6.72. The van der Waals surface area contributed by atoms with E-state index in [9.17, 15) is 5.11 Å². The van der Waals surface area contributed by atoms with Gasteiger partial charge in [0.25, 0.3) is 0 Å². The summed E-state index contributed by atoms with van der Waals surface area (Å²) in [6.07, 6.45) is 2.77. The second-order valence-corrected chi connectivity index (χ2v) is 3.40. The summed E-state index contributed by atoms with van der Waals surface area (Å²) in [6.45, 7) is 0.196. The molecule has 2 rings (SSSR count). The predicted octanol–water partition coefficient (Wildman–Crippen LogP) is 0.980. The van der Waals surface area contributed by atoms with Gasteiger partial charge in [0.2, 0.25) is 0 Å². The summed E-state index contributed by atoms with van der Waals surface area (Å²) in [7, 11) is 0. The number of aromatic nitrogens is 2. The molecule has 5 heteroatoms. The molecule has 0 aliphatic carbocycles. The molecule has 0 saturated carbocycles. The summed E-state index contributed by atoms with van der Waals surface area (Å²) in [4.78, 5) is 3.94. The van der Waals surface area contributed by atoms with Gasteiger partial charge in [-0.15, -0.1) is 0 Å². The molecular weight excluding hydrogens is 202 g/mol. The number of fused-ring (bicyclic) bond motifs is 1. The smallest absolute Gasteiger partial charge is 0.154 e. The summed E-state index contributed by atoms with van der Waals surface area (Å²) >= 11 is 5.85. The van der Waals surface area contributed by atoms with Crippen LogP contribution in [-0.4, -0.2) is 21.0 Å². The highest BCUT2D eigenvalue weighted by Crippen LogP contribution is 2.19. The molecule has 0 aliphatic heterocycles. The van der Waals surface area contributed by atoms with Crippen LogP contribution in [0.2, 0.25) is 5.15 Å². The van der Waals surface area contributed by atoms with Gasteiger partial charge < -0.3 is 15.2 Å². The highest BCUT2D eigenvalue weighted by Gasteiger charge is 2.07. The van der Waals surface area contributed by atoms with Crippen molar-refractivity contribution in [3.63, 3.8) is 0 Å². The summed E-state index contributed by atoms with van der Waals surface area (Å²) in [5.74, 6) is 0. The van der Waals surface area contributed by atoms with Crippen LogP contribution < -0.4 is 5.73 Å². The number of aliphatic hydroxyl groups is 1. The average molecular weight is 212 g/mol. The summed E-state index contributed by atoms with van der Waals surface area (Å²) in [5.41, 5.74) is 6.88. The molecule has 2 aromatic rings. The fraction of sp³-hybridized carbons (Fsp3) is 0.222. The van der Waals surface area contributed by atoms with Gasteiger partial charge in [-0.05, 0) is 17.7 Å². The molecule has 1 atom stereocenters. The maximum Gasteiger partial charge on any atom is 0.154 e. The van der Waals surface area contributed by atoms with E-state index in [-0.39, 0.29) is 6.54 Å². The average Bonchev–Trinajstić information content (AvgIpc) is 2.59. The zero-order valence-electron chi connectivity index (χ0n) is 7.39. The number of imidazole rings is 1. The lowest BCUT2D eigenvalue weighted by molar-refractivity contribution is 0.187. The van der Waals surface area contributed by atoms with Crippen LogP contribution in [0, 0.1) is 0 Å². The Labute approximate surface area is 85.9 Å². The second-order valence-electron chi connectivity index (χ2n) is 3.04. The van der Waals surface area contributed by atoms with Crippen molar-refractivity contribution in [2.75, 3.05) is 6.54 Å². The van der Waals surface area contributed by atoms with Crippen LogP contribution in [0.1, 0.15) is 11.7 Å². The van der Waals surface area contributed by atoms with E-state index in [2.05, 4.69) is 4.98 Å². The molecule has 0 bridgehead atoms. The van der Waals surface area contributed by atoms with E-state index in [1.165, 1.54) is 0 Å². The molecule has 1 unspecified atom stereocenters.